The van der Waals surface area contributed by atoms with Gasteiger partial charge in [-0.1, -0.05) is 0 Å². The molecule has 0 saturated carbocycles. The fourth-order valence-electron chi connectivity index (χ4n) is 0.745. The van der Waals surface area contributed by atoms with E-state index in [0.29, 0.717) is 0 Å². The molecule has 0 atom stereocenters. The summed E-state index contributed by atoms with van der Waals surface area (Å²) in [5.74, 6) is -2.78. The van der Waals surface area contributed by atoms with Crippen LogP contribution in [0.25, 0.3) is 0 Å². The summed E-state index contributed by atoms with van der Waals surface area (Å²) in [6.45, 7) is -1.90. The van der Waals surface area contributed by atoms with Crippen molar-refractivity contribution < 1.29 is 13.9 Å². The van der Waals surface area contributed by atoms with Gasteiger partial charge in [-0.25, -0.2) is 18.7 Å². The van der Waals surface area contributed by atoms with E-state index in [1.54, 1.807) is 0 Å². The number of aliphatic hydroxyl groups is 1. The van der Waals surface area contributed by atoms with Crippen LogP contribution in [0.15, 0.2) is 12.4 Å². The topological polar surface area (TPSA) is 84.1 Å². The summed E-state index contributed by atoms with van der Waals surface area (Å²) in [5.41, 5.74) is 5.30. The molecule has 78 valence electrons. The maximum Gasteiger partial charge on any atom is 0.287 e. The second-order valence-electron chi connectivity index (χ2n) is 2.70. The lowest BCUT2D eigenvalue weighted by molar-refractivity contribution is -0.0373. The van der Waals surface area contributed by atoms with E-state index < -0.39 is 19.1 Å². The van der Waals surface area contributed by atoms with Crippen molar-refractivity contribution >= 4 is 11.6 Å². The molecule has 0 fully saturated rings. The number of halogens is 2. The van der Waals surface area contributed by atoms with Gasteiger partial charge in [-0.05, 0) is 0 Å². The van der Waals surface area contributed by atoms with Crippen LogP contribution in [0, 0.1) is 0 Å². The minimum atomic E-state index is -3.17. The summed E-state index contributed by atoms with van der Waals surface area (Å²) in [6.07, 6.45) is 1.16. The number of nitrogens with one attached hydrogen (secondary N) is 1. The number of alkyl halides is 2. The van der Waals surface area contributed by atoms with E-state index in [0.717, 1.165) is 6.33 Å². The Kier molecular flexibility index (Phi) is 3.13. The summed E-state index contributed by atoms with van der Waals surface area (Å²) in [4.78, 5) is 7.25. The molecule has 1 aromatic rings. The third-order valence-corrected chi connectivity index (χ3v) is 1.45. The third kappa shape index (κ3) is 3.09. The number of hydrogen-bond acceptors (Lipinski definition) is 5. The van der Waals surface area contributed by atoms with Crippen molar-refractivity contribution in [1.29, 1.82) is 0 Å². The normalized spacial score (nSPS) is 11.4. The highest BCUT2D eigenvalue weighted by Crippen LogP contribution is 2.13. The highest BCUT2D eigenvalue weighted by Gasteiger charge is 2.27. The number of nitrogen functional groups attached to an aromatic ring is 1. The number of nitrogens with two attached hydrogens (primary N) is 1. The van der Waals surface area contributed by atoms with Crippen molar-refractivity contribution in [3.63, 3.8) is 0 Å². The zero-order valence-electron chi connectivity index (χ0n) is 7.24. The lowest BCUT2D eigenvalue weighted by Crippen LogP contribution is -2.31. The average Bonchev–Trinajstić information content (AvgIpc) is 2.15. The van der Waals surface area contributed by atoms with E-state index in [1.807, 2.05) is 0 Å². The minimum Gasteiger partial charge on any atom is -0.390 e. The number of nitrogens with zero attached hydrogens (tertiary/aromatic N) is 2. The lowest BCUT2D eigenvalue weighted by atomic mass is 10.3. The highest BCUT2D eigenvalue weighted by molar-refractivity contribution is 5.43. The molecular formula is C7H10F2N4O. The van der Waals surface area contributed by atoms with Crippen molar-refractivity contribution in [3.8, 4) is 0 Å². The molecule has 0 aliphatic rings. The Morgan fingerprint density at radius 1 is 1.50 bits per heavy atom. The van der Waals surface area contributed by atoms with Gasteiger partial charge in [0.1, 0.15) is 24.6 Å². The van der Waals surface area contributed by atoms with Gasteiger partial charge in [-0.15, -0.1) is 0 Å². The SMILES string of the molecule is Nc1cc(NCC(F)(F)CO)ncn1. The molecule has 0 spiro atoms. The minimum absolute atomic E-state index is 0.190. The standard InChI is InChI=1S/C7H10F2N4O/c8-7(9,3-14)2-11-6-1-5(10)12-4-13-6/h1,4,14H,2-3H2,(H3,10,11,12,13). The van der Waals surface area contributed by atoms with E-state index >= 15 is 0 Å². The van der Waals surface area contributed by atoms with Crippen LogP contribution in [0.4, 0.5) is 20.4 Å². The maximum absolute atomic E-state index is 12.6. The van der Waals surface area contributed by atoms with Gasteiger partial charge in [0, 0.05) is 6.07 Å². The summed E-state index contributed by atoms with van der Waals surface area (Å²) in [6, 6.07) is 1.33. The quantitative estimate of drug-likeness (QED) is 0.647. The molecular weight excluding hydrogens is 194 g/mol. The summed E-state index contributed by atoms with van der Waals surface area (Å²) in [7, 11) is 0. The van der Waals surface area contributed by atoms with Gasteiger partial charge in [0.25, 0.3) is 5.92 Å². The van der Waals surface area contributed by atoms with E-state index in [4.69, 9.17) is 10.8 Å². The number of anilines is 2. The number of hydrogen-bond donors (Lipinski definition) is 3. The first-order valence-electron chi connectivity index (χ1n) is 3.83. The van der Waals surface area contributed by atoms with Crippen LogP contribution >= 0.6 is 0 Å². The van der Waals surface area contributed by atoms with Gasteiger partial charge in [0.15, 0.2) is 0 Å². The van der Waals surface area contributed by atoms with Crippen LogP contribution in [0.1, 0.15) is 0 Å². The number of rotatable bonds is 4. The summed E-state index contributed by atoms with van der Waals surface area (Å²) >= 11 is 0. The van der Waals surface area contributed by atoms with E-state index in [2.05, 4.69) is 15.3 Å². The first kappa shape index (κ1) is 10.6. The van der Waals surface area contributed by atoms with Gasteiger partial charge < -0.3 is 16.2 Å². The molecule has 1 rings (SSSR count). The van der Waals surface area contributed by atoms with Crippen LogP contribution in [0.5, 0.6) is 0 Å². The van der Waals surface area contributed by atoms with Crippen LogP contribution < -0.4 is 11.1 Å². The Labute approximate surface area is 79.0 Å². The molecule has 0 amide bonds. The van der Waals surface area contributed by atoms with Crippen LogP contribution in [0.3, 0.4) is 0 Å². The summed E-state index contributed by atoms with van der Waals surface area (Å²) in [5, 5.41) is 10.6. The average molecular weight is 204 g/mol. The molecule has 7 heteroatoms. The molecule has 1 aromatic heterocycles. The van der Waals surface area contributed by atoms with Crippen LogP contribution in [0.2, 0.25) is 0 Å². The third-order valence-electron chi connectivity index (χ3n) is 1.45. The van der Waals surface area contributed by atoms with E-state index in [9.17, 15) is 8.78 Å². The van der Waals surface area contributed by atoms with Crippen molar-refractivity contribution in [1.82, 2.24) is 9.97 Å². The first-order valence-corrected chi connectivity index (χ1v) is 3.83. The van der Waals surface area contributed by atoms with Gasteiger partial charge in [-0.2, -0.15) is 0 Å². The van der Waals surface area contributed by atoms with Crippen molar-refractivity contribution in [2.75, 3.05) is 24.2 Å². The van der Waals surface area contributed by atoms with Crippen LogP contribution in [-0.4, -0.2) is 34.1 Å². The van der Waals surface area contributed by atoms with E-state index in [-0.39, 0.29) is 11.6 Å². The molecule has 4 N–H and O–H groups in total. The van der Waals surface area contributed by atoms with Crippen LogP contribution in [-0.2, 0) is 0 Å². The Hall–Kier alpha value is -1.50. The molecule has 0 bridgehead atoms. The predicted octanol–water partition coefficient (Wildman–Crippen LogP) is 0.0983. The Morgan fingerprint density at radius 2 is 2.21 bits per heavy atom. The first-order chi connectivity index (χ1) is 6.53. The molecule has 1 heterocycles. The maximum atomic E-state index is 12.6. The molecule has 0 aliphatic heterocycles. The van der Waals surface area contributed by atoms with Crippen molar-refractivity contribution in [3.05, 3.63) is 12.4 Å². The van der Waals surface area contributed by atoms with Gasteiger partial charge in [-0.3, -0.25) is 0 Å². The molecule has 5 nitrogen and oxygen atoms in total. The highest BCUT2D eigenvalue weighted by atomic mass is 19.3. The number of aromatic nitrogens is 2. The monoisotopic (exact) mass is 204 g/mol. The summed E-state index contributed by atoms with van der Waals surface area (Å²) < 4.78 is 25.1. The molecule has 0 saturated heterocycles. The van der Waals surface area contributed by atoms with Gasteiger partial charge in [0.2, 0.25) is 0 Å². The second kappa shape index (κ2) is 4.14. The Balaban J connectivity index is 2.54. The molecule has 0 radical (unpaired) electrons. The van der Waals surface area contributed by atoms with Gasteiger partial charge in [0.05, 0.1) is 6.54 Å². The van der Waals surface area contributed by atoms with Gasteiger partial charge >= 0.3 is 0 Å². The fraction of sp³-hybridized carbons (Fsp3) is 0.429. The largest absolute Gasteiger partial charge is 0.390 e. The van der Waals surface area contributed by atoms with Crippen molar-refractivity contribution in [2.45, 2.75) is 5.92 Å². The van der Waals surface area contributed by atoms with E-state index in [1.165, 1.54) is 6.07 Å². The zero-order valence-corrected chi connectivity index (χ0v) is 7.24. The molecule has 14 heavy (non-hydrogen) atoms. The van der Waals surface area contributed by atoms with Crippen molar-refractivity contribution in [2.24, 2.45) is 0 Å². The smallest absolute Gasteiger partial charge is 0.287 e. The fourth-order valence-corrected chi connectivity index (χ4v) is 0.745. The molecule has 0 aliphatic carbocycles. The predicted molar refractivity (Wildman–Crippen MR) is 47.0 cm³/mol. The Morgan fingerprint density at radius 3 is 2.79 bits per heavy atom. The molecule has 0 aromatic carbocycles. The zero-order chi connectivity index (χ0) is 10.6. The Bertz CT molecular complexity index is 307. The second-order valence-corrected chi connectivity index (χ2v) is 2.70. The molecule has 0 unspecified atom stereocenters. The lowest BCUT2D eigenvalue weighted by Gasteiger charge is -2.14. The number of aliphatic hydroxyl groups excluding tert-OH is 1.